The highest BCUT2D eigenvalue weighted by atomic mass is 16.1. The Labute approximate surface area is 80.3 Å². The molecule has 3 heteroatoms. The Morgan fingerprint density at radius 2 is 2.31 bits per heavy atom. The molecule has 0 aromatic rings. The summed E-state index contributed by atoms with van der Waals surface area (Å²) in [4.78, 5) is 10.9. The highest BCUT2D eigenvalue weighted by Gasteiger charge is 2.22. The summed E-state index contributed by atoms with van der Waals surface area (Å²) in [5.41, 5.74) is 0. The maximum Gasteiger partial charge on any atom is 0.219 e. The zero-order chi connectivity index (χ0) is 9.68. The van der Waals surface area contributed by atoms with Gasteiger partial charge < -0.3 is 10.6 Å². The van der Waals surface area contributed by atoms with Crippen LogP contribution in [0.1, 0.15) is 26.7 Å². The van der Waals surface area contributed by atoms with Crippen LogP contribution in [0.15, 0.2) is 0 Å². The second-order valence-corrected chi connectivity index (χ2v) is 3.89. The van der Waals surface area contributed by atoms with Gasteiger partial charge in [0.2, 0.25) is 5.91 Å². The fourth-order valence-corrected chi connectivity index (χ4v) is 1.77. The number of carbonyl (C=O) groups is 1. The fraction of sp³-hybridized carbons (Fsp3) is 0.900. The molecule has 0 unspecified atom stereocenters. The number of rotatable bonds is 4. The van der Waals surface area contributed by atoms with Gasteiger partial charge in [-0.05, 0) is 31.3 Å². The summed E-state index contributed by atoms with van der Waals surface area (Å²) >= 11 is 0. The van der Waals surface area contributed by atoms with Crippen molar-refractivity contribution in [1.82, 2.24) is 10.6 Å². The minimum atomic E-state index is 0.165. The molecule has 0 bridgehead atoms. The molecular weight excluding hydrogens is 164 g/mol. The smallest absolute Gasteiger partial charge is 0.219 e. The van der Waals surface area contributed by atoms with Crippen LogP contribution in [-0.4, -0.2) is 25.5 Å². The van der Waals surface area contributed by atoms with Crippen molar-refractivity contribution in [3.05, 3.63) is 0 Å². The van der Waals surface area contributed by atoms with Crippen LogP contribution in [0.5, 0.6) is 0 Å². The van der Waals surface area contributed by atoms with Crippen LogP contribution in [-0.2, 0) is 4.79 Å². The van der Waals surface area contributed by atoms with Gasteiger partial charge in [-0.1, -0.05) is 13.8 Å². The Morgan fingerprint density at radius 3 is 2.85 bits per heavy atom. The first-order valence-electron chi connectivity index (χ1n) is 5.21. The van der Waals surface area contributed by atoms with Crippen LogP contribution >= 0.6 is 0 Å². The van der Waals surface area contributed by atoms with Crippen molar-refractivity contribution in [3.8, 4) is 0 Å². The molecule has 1 amide bonds. The number of amides is 1. The van der Waals surface area contributed by atoms with E-state index in [9.17, 15) is 4.79 Å². The van der Waals surface area contributed by atoms with Gasteiger partial charge in [0.25, 0.3) is 0 Å². The van der Waals surface area contributed by atoms with Crippen LogP contribution in [0.2, 0.25) is 0 Å². The van der Waals surface area contributed by atoms with Gasteiger partial charge in [-0.3, -0.25) is 4.79 Å². The van der Waals surface area contributed by atoms with Gasteiger partial charge in [0.1, 0.15) is 0 Å². The molecule has 1 aliphatic heterocycles. The average molecular weight is 184 g/mol. The molecule has 1 saturated heterocycles. The summed E-state index contributed by atoms with van der Waals surface area (Å²) in [7, 11) is 0. The third kappa shape index (κ3) is 3.35. The quantitative estimate of drug-likeness (QED) is 0.677. The van der Waals surface area contributed by atoms with Gasteiger partial charge in [-0.25, -0.2) is 0 Å². The number of hydrogen-bond donors (Lipinski definition) is 2. The summed E-state index contributed by atoms with van der Waals surface area (Å²) in [6.07, 6.45) is 1.71. The molecule has 76 valence electrons. The van der Waals surface area contributed by atoms with Gasteiger partial charge in [-0.15, -0.1) is 0 Å². The predicted octanol–water partition coefficient (Wildman–Crippen LogP) is 0.758. The fourth-order valence-electron chi connectivity index (χ4n) is 1.77. The summed E-state index contributed by atoms with van der Waals surface area (Å²) in [5.74, 6) is 1.68. The summed E-state index contributed by atoms with van der Waals surface area (Å²) in [5, 5.41) is 6.27. The first-order chi connectivity index (χ1) is 6.24. The summed E-state index contributed by atoms with van der Waals surface area (Å²) in [6, 6.07) is 0. The Morgan fingerprint density at radius 1 is 1.54 bits per heavy atom. The van der Waals surface area contributed by atoms with Crippen molar-refractivity contribution in [3.63, 3.8) is 0 Å². The molecule has 1 heterocycles. The number of nitrogens with one attached hydrogen (secondary N) is 2. The first kappa shape index (κ1) is 10.5. The standard InChI is InChI=1S/C10H20N2O/c1-3-10(13)12-5-4-9-7-11-6-8(9)2/h8-9,11H,3-7H2,1-2H3,(H,12,13)/t8-,9-/m1/s1. The minimum Gasteiger partial charge on any atom is -0.356 e. The van der Waals surface area contributed by atoms with Crippen LogP contribution in [0.4, 0.5) is 0 Å². The van der Waals surface area contributed by atoms with Crippen LogP contribution in [0.25, 0.3) is 0 Å². The highest BCUT2D eigenvalue weighted by Crippen LogP contribution is 2.18. The van der Waals surface area contributed by atoms with Gasteiger partial charge in [-0.2, -0.15) is 0 Å². The molecule has 0 aromatic carbocycles. The zero-order valence-electron chi connectivity index (χ0n) is 8.60. The van der Waals surface area contributed by atoms with E-state index in [-0.39, 0.29) is 5.91 Å². The van der Waals surface area contributed by atoms with E-state index in [0.29, 0.717) is 6.42 Å². The lowest BCUT2D eigenvalue weighted by Crippen LogP contribution is -2.26. The third-order valence-corrected chi connectivity index (χ3v) is 2.84. The van der Waals surface area contributed by atoms with E-state index in [4.69, 9.17) is 0 Å². The van der Waals surface area contributed by atoms with E-state index >= 15 is 0 Å². The van der Waals surface area contributed by atoms with Crippen molar-refractivity contribution in [2.24, 2.45) is 11.8 Å². The van der Waals surface area contributed by atoms with Crippen molar-refractivity contribution >= 4 is 5.91 Å². The molecule has 13 heavy (non-hydrogen) atoms. The lowest BCUT2D eigenvalue weighted by atomic mass is 9.95. The maximum atomic E-state index is 10.9. The minimum absolute atomic E-state index is 0.165. The molecule has 2 atom stereocenters. The Hall–Kier alpha value is -0.570. The van der Waals surface area contributed by atoms with Crippen LogP contribution in [0.3, 0.4) is 0 Å². The van der Waals surface area contributed by atoms with Crippen molar-refractivity contribution < 1.29 is 4.79 Å². The van der Waals surface area contributed by atoms with Crippen molar-refractivity contribution in [1.29, 1.82) is 0 Å². The SMILES string of the molecule is CCC(=O)NCC[C@@H]1CNC[C@H]1C. The molecule has 3 nitrogen and oxygen atoms in total. The maximum absolute atomic E-state index is 10.9. The summed E-state index contributed by atoms with van der Waals surface area (Å²) in [6.45, 7) is 7.24. The van der Waals surface area contributed by atoms with Gasteiger partial charge in [0, 0.05) is 13.0 Å². The van der Waals surface area contributed by atoms with Gasteiger partial charge >= 0.3 is 0 Å². The second kappa shape index (κ2) is 5.22. The number of carbonyl (C=O) groups excluding carboxylic acids is 1. The molecule has 0 spiro atoms. The Kier molecular flexibility index (Phi) is 4.22. The topological polar surface area (TPSA) is 41.1 Å². The van der Waals surface area contributed by atoms with E-state index < -0.39 is 0 Å². The first-order valence-corrected chi connectivity index (χ1v) is 5.21. The predicted molar refractivity (Wildman–Crippen MR) is 53.4 cm³/mol. The molecule has 0 saturated carbocycles. The molecule has 1 rings (SSSR count). The molecule has 0 aromatic heterocycles. The molecule has 2 N–H and O–H groups in total. The lowest BCUT2D eigenvalue weighted by molar-refractivity contribution is -0.120. The molecule has 0 aliphatic carbocycles. The van der Waals surface area contributed by atoms with E-state index in [0.717, 1.165) is 37.9 Å². The van der Waals surface area contributed by atoms with E-state index in [2.05, 4.69) is 17.6 Å². The lowest BCUT2D eigenvalue weighted by Gasteiger charge is -2.13. The Balaban J connectivity index is 2.08. The molecule has 1 fully saturated rings. The summed E-state index contributed by atoms with van der Waals surface area (Å²) < 4.78 is 0. The zero-order valence-corrected chi connectivity index (χ0v) is 8.60. The molecule has 0 radical (unpaired) electrons. The normalized spacial score (nSPS) is 27.5. The third-order valence-electron chi connectivity index (χ3n) is 2.84. The van der Waals surface area contributed by atoms with Gasteiger partial charge in [0.15, 0.2) is 0 Å². The average Bonchev–Trinajstić information content (AvgIpc) is 2.52. The second-order valence-electron chi connectivity index (χ2n) is 3.89. The van der Waals surface area contributed by atoms with Crippen LogP contribution in [0, 0.1) is 11.8 Å². The van der Waals surface area contributed by atoms with Gasteiger partial charge in [0.05, 0.1) is 0 Å². The number of hydrogen-bond acceptors (Lipinski definition) is 2. The van der Waals surface area contributed by atoms with Crippen LogP contribution < -0.4 is 10.6 Å². The van der Waals surface area contributed by atoms with E-state index in [1.807, 2.05) is 6.92 Å². The molecular formula is C10H20N2O. The van der Waals surface area contributed by atoms with Crippen molar-refractivity contribution in [2.45, 2.75) is 26.7 Å². The monoisotopic (exact) mass is 184 g/mol. The van der Waals surface area contributed by atoms with Crippen molar-refractivity contribution in [2.75, 3.05) is 19.6 Å². The highest BCUT2D eigenvalue weighted by molar-refractivity contribution is 5.75. The molecule has 1 aliphatic rings. The van der Waals surface area contributed by atoms with E-state index in [1.54, 1.807) is 0 Å². The largest absolute Gasteiger partial charge is 0.356 e. The Bertz CT molecular complexity index is 170. The van der Waals surface area contributed by atoms with E-state index in [1.165, 1.54) is 0 Å².